The third-order valence-corrected chi connectivity index (χ3v) is 7.15. The van der Waals surface area contributed by atoms with Crippen molar-refractivity contribution >= 4 is 75.2 Å². The summed E-state index contributed by atoms with van der Waals surface area (Å²) in [6, 6.07) is 18.8. The molecule has 1 unspecified atom stereocenters. The quantitative estimate of drug-likeness (QED) is 0.266. The van der Waals surface area contributed by atoms with Crippen LogP contribution in [0.1, 0.15) is 27.2 Å². The molecule has 0 radical (unpaired) electrons. The first-order chi connectivity index (χ1) is 16.8. The molecule has 0 spiro atoms. The molecule has 35 heavy (non-hydrogen) atoms. The van der Waals surface area contributed by atoms with Crippen molar-refractivity contribution in [3.05, 3.63) is 104 Å². The Kier molecular flexibility index (Phi) is 8.38. The van der Waals surface area contributed by atoms with E-state index < -0.39 is 17.2 Å². The van der Waals surface area contributed by atoms with Gasteiger partial charge in [-0.3, -0.25) is 13.3 Å². The van der Waals surface area contributed by atoms with Gasteiger partial charge >= 0.3 is 0 Å². The summed E-state index contributed by atoms with van der Waals surface area (Å²) in [4.78, 5) is 13.1. The van der Waals surface area contributed by atoms with Gasteiger partial charge < -0.3 is 9.87 Å². The van der Waals surface area contributed by atoms with E-state index in [0.717, 1.165) is 27.2 Å². The summed E-state index contributed by atoms with van der Waals surface area (Å²) in [6.07, 6.45) is 0.361. The summed E-state index contributed by atoms with van der Waals surface area (Å²) >= 11 is 16.2. The number of hydrogen-bond acceptors (Lipinski definition) is 6. The van der Waals surface area contributed by atoms with Gasteiger partial charge in [0.05, 0.1) is 44.3 Å². The third kappa shape index (κ3) is 6.19. The number of benzene rings is 3. The minimum Gasteiger partial charge on any atom is -0.755 e. The molecular formula is C23H16Cl3N4O3S2-. The average molecular weight is 567 g/mol. The fraction of sp³-hybridized carbons (Fsp3) is 0.0870. The zero-order valence-corrected chi connectivity index (χ0v) is 21.7. The highest BCUT2D eigenvalue weighted by Crippen LogP contribution is 2.34. The van der Waals surface area contributed by atoms with Crippen LogP contribution in [-0.2, 0) is 24.2 Å². The molecule has 0 saturated carbocycles. The van der Waals surface area contributed by atoms with Crippen molar-refractivity contribution in [1.29, 1.82) is 0 Å². The van der Waals surface area contributed by atoms with Crippen molar-refractivity contribution in [1.82, 2.24) is 14.1 Å². The Morgan fingerprint density at radius 2 is 1.74 bits per heavy atom. The van der Waals surface area contributed by atoms with Gasteiger partial charge in [-0.25, -0.2) is 0 Å². The maximum atomic E-state index is 13.1. The lowest BCUT2D eigenvalue weighted by Crippen LogP contribution is -2.28. The van der Waals surface area contributed by atoms with Gasteiger partial charge in [0.15, 0.2) is 5.82 Å². The van der Waals surface area contributed by atoms with Crippen LogP contribution in [0.25, 0.3) is 0 Å². The van der Waals surface area contributed by atoms with Gasteiger partial charge in [0.2, 0.25) is 0 Å². The number of hydrogen-bond donors (Lipinski definition) is 1. The third-order valence-electron chi connectivity index (χ3n) is 4.95. The summed E-state index contributed by atoms with van der Waals surface area (Å²) in [5, 5.41) is 3.79. The molecule has 1 atom stereocenters. The Morgan fingerprint density at radius 1 is 0.971 bits per heavy atom. The monoisotopic (exact) mass is 565 g/mol. The number of nitrogens with zero attached hydrogens (tertiary/aromatic N) is 3. The lowest BCUT2D eigenvalue weighted by atomic mass is 10.1. The largest absolute Gasteiger partial charge is 0.755 e. The summed E-state index contributed by atoms with van der Waals surface area (Å²) in [5.41, 5.74) is 2.26. The fourth-order valence-corrected chi connectivity index (χ4v) is 5.00. The van der Waals surface area contributed by atoms with Gasteiger partial charge in [-0.1, -0.05) is 71.2 Å². The molecule has 7 nitrogen and oxygen atoms in total. The van der Waals surface area contributed by atoms with Gasteiger partial charge in [0.1, 0.15) is 5.69 Å². The maximum absolute atomic E-state index is 13.1. The SMILES string of the molecule is O=C(NCc1ccc(Cl)c(Cl)c1)c1ccc(Cl)cc1N(c1nsnc1Cc1ccccc1)S(=O)[O-]. The molecule has 4 rings (SSSR count). The number of carbonyl (C=O) groups excluding carboxylic acids is 1. The number of aromatic nitrogens is 2. The molecule has 0 aliphatic rings. The first-order valence-corrected chi connectivity index (χ1v) is 13.0. The van der Waals surface area contributed by atoms with Crippen molar-refractivity contribution in [3.8, 4) is 0 Å². The standard InChI is InChI=1S/C23H17Cl3N4O3S2/c24-16-7-8-17(23(31)27-13-15-6-9-18(25)19(26)10-15)21(12-16)30(35(32)33)22-20(28-34-29-22)11-14-4-2-1-3-5-14/h1-10,12H,11,13H2,(H,27,31)(H,32,33)/p-1. The first kappa shape index (κ1) is 25.6. The van der Waals surface area contributed by atoms with Crippen LogP contribution in [0.4, 0.5) is 11.5 Å². The zero-order valence-electron chi connectivity index (χ0n) is 17.8. The molecule has 1 N–H and O–H groups in total. The molecule has 3 aromatic carbocycles. The summed E-state index contributed by atoms with van der Waals surface area (Å²) in [7, 11) is 0. The lowest BCUT2D eigenvalue weighted by molar-refractivity contribution is 0.0951. The summed E-state index contributed by atoms with van der Waals surface area (Å²) < 4.78 is 34.2. The topological polar surface area (TPSA) is 98.2 Å². The molecule has 12 heteroatoms. The van der Waals surface area contributed by atoms with Gasteiger partial charge in [-0.15, -0.1) is 0 Å². The van der Waals surface area contributed by atoms with Crippen molar-refractivity contribution < 1.29 is 13.6 Å². The molecule has 1 heterocycles. The minimum atomic E-state index is -2.82. The summed E-state index contributed by atoms with van der Waals surface area (Å²) in [5.74, 6) is -0.404. The number of anilines is 2. The molecule has 0 aliphatic heterocycles. The van der Waals surface area contributed by atoms with E-state index in [4.69, 9.17) is 34.8 Å². The minimum absolute atomic E-state index is 0.0551. The Labute approximate surface area is 223 Å². The van der Waals surface area contributed by atoms with E-state index in [-0.39, 0.29) is 28.6 Å². The number of nitrogens with one attached hydrogen (secondary N) is 1. The van der Waals surface area contributed by atoms with E-state index >= 15 is 0 Å². The van der Waals surface area contributed by atoms with Gasteiger partial charge in [0, 0.05) is 18.0 Å². The smallest absolute Gasteiger partial charge is 0.253 e. The second-order valence-corrected chi connectivity index (χ2v) is 9.88. The van der Waals surface area contributed by atoms with Crippen LogP contribution in [0.15, 0.2) is 66.7 Å². The zero-order chi connectivity index (χ0) is 24.9. The Balaban J connectivity index is 1.66. The number of rotatable bonds is 8. The van der Waals surface area contributed by atoms with E-state index in [1.54, 1.807) is 18.2 Å². The molecule has 1 aromatic heterocycles. The Bertz CT molecular complexity index is 1390. The van der Waals surface area contributed by atoms with Crippen LogP contribution < -0.4 is 9.62 Å². The molecular weight excluding hydrogens is 551 g/mol. The predicted octanol–water partition coefficient (Wildman–Crippen LogP) is 5.95. The van der Waals surface area contributed by atoms with Crippen LogP contribution in [0, 0.1) is 0 Å². The normalized spacial score (nSPS) is 11.8. The highest BCUT2D eigenvalue weighted by Gasteiger charge is 2.24. The lowest BCUT2D eigenvalue weighted by Gasteiger charge is -2.27. The van der Waals surface area contributed by atoms with Crippen LogP contribution in [0.2, 0.25) is 15.1 Å². The van der Waals surface area contributed by atoms with E-state index in [1.165, 1.54) is 18.2 Å². The number of amides is 1. The van der Waals surface area contributed by atoms with E-state index in [0.29, 0.717) is 22.2 Å². The summed E-state index contributed by atoms with van der Waals surface area (Å²) in [6.45, 7) is 0.149. The Morgan fingerprint density at radius 3 is 2.46 bits per heavy atom. The van der Waals surface area contributed by atoms with E-state index in [1.807, 2.05) is 30.3 Å². The second kappa shape index (κ2) is 11.5. The van der Waals surface area contributed by atoms with Crippen molar-refractivity contribution in [2.45, 2.75) is 13.0 Å². The highest BCUT2D eigenvalue weighted by atomic mass is 35.5. The Hall–Kier alpha value is -2.53. The molecule has 4 aromatic rings. The number of halogens is 3. The van der Waals surface area contributed by atoms with Gasteiger partial charge in [-0.2, -0.15) is 8.75 Å². The van der Waals surface area contributed by atoms with E-state index in [2.05, 4.69) is 14.1 Å². The van der Waals surface area contributed by atoms with Gasteiger partial charge in [0.25, 0.3) is 5.91 Å². The van der Waals surface area contributed by atoms with Gasteiger partial charge in [-0.05, 0) is 41.5 Å². The molecule has 0 bridgehead atoms. The van der Waals surface area contributed by atoms with E-state index in [9.17, 15) is 13.6 Å². The fourth-order valence-electron chi connectivity index (χ4n) is 3.31. The molecule has 1 amide bonds. The van der Waals surface area contributed by atoms with Crippen molar-refractivity contribution in [2.24, 2.45) is 0 Å². The maximum Gasteiger partial charge on any atom is 0.253 e. The molecule has 0 fully saturated rings. The van der Waals surface area contributed by atoms with Crippen LogP contribution in [0.3, 0.4) is 0 Å². The molecule has 0 saturated heterocycles. The van der Waals surface area contributed by atoms with Crippen LogP contribution >= 0.6 is 46.5 Å². The number of carbonyl (C=O) groups is 1. The highest BCUT2D eigenvalue weighted by molar-refractivity contribution is 7.81. The van der Waals surface area contributed by atoms with Crippen LogP contribution in [-0.4, -0.2) is 23.4 Å². The predicted molar refractivity (Wildman–Crippen MR) is 139 cm³/mol. The van der Waals surface area contributed by atoms with Crippen molar-refractivity contribution in [3.63, 3.8) is 0 Å². The average Bonchev–Trinajstić information content (AvgIpc) is 3.27. The molecule has 180 valence electrons. The van der Waals surface area contributed by atoms with Crippen molar-refractivity contribution in [2.75, 3.05) is 4.31 Å². The van der Waals surface area contributed by atoms with Crippen LogP contribution in [0.5, 0.6) is 0 Å². The second-order valence-electron chi connectivity index (χ2n) is 7.30. The first-order valence-electron chi connectivity index (χ1n) is 10.1. The molecule has 0 aliphatic carbocycles.